The second kappa shape index (κ2) is 4.31. The zero-order valence-corrected chi connectivity index (χ0v) is 10.4. The van der Waals surface area contributed by atoms with Gasteiger partial charge in [0.1, 0.15) is 0 Å². The van der Waals surface area contributed by atoms with Gasteiger partial charge in [0.25, 0.3) is 0 Å². The highest BCUT2D eigenvalue weighted by Crippen LogP contribution is 2.28. The molecular formula is C10H12N4O3S. The number of ether oxygens (including phenoxy) is 1. The lowest BCUT2D eigenvalue weighted by atomic mass is 10.3. The van der Waals surface area contributed by atoms with Crippen LogP contribution in [-0.4, -0.2) is 18.6 Å². The minimum atomic E-state index is -3.79. The van der Waals surface area contributed by atoms with Crippen LogP contribution in [0.1, 0.15) is 5.69 Å². The maximum absolute atomic E-state index is 11.2. The molecule has 8 heteroatoms. The van der Waals surface area contributed by atoms with Crippen LogP contribution in [0.4, 0.5) is 5.69 Å². The Labute approximate surface area is 104 Å². The Kier molecular flexibility index (Phi) is 2.97. The number of anilines is 1. The maximum Gasteiger partial charge on any atom is 0.238 e. The molecule has 0 spiro atoms. The molecule has 0 amide bonds. The average Bonchev–Trinajstić information content (AvgIpc) is 2.66. The molecule has 5 N–H and O–H groups in total. The Morgan fingerprint density at radius 1 is 1.33 bits per heavy atom. The number of sulfonamides is 1. The van der Waals surface area contributed by atoms with Crippen LogP contribution in [0.15, 0.2) is 29.2 Å². The third kappa shape index (κ3) is 2.60. The average molecular weight is 268 g/mol. The zero-order chi connectivity index (χ0) is 13.3. The number of nitrogen functional groups attached to an aromatic ring is 1. The quantitative estimate of drug-likeness (QED) is 0.708. The van der Waals surface area contributed by atoms with Crippen LogP contribution in [-0.2, 0) is 10.0 Å². The predicted molar refractivity (Wildman–Crippen MR) is 65.6 cm³/mol. The van der Waals surface area contributed by atoms with Crippen LogP contribution < -0.4 is 15.6 Å². The van der Waals surface area contributed by atoms with E-state index in [-0.39, 0.29) is 10.6 Å². The van der Waals surface area contributed by atoms with E-state index in [1.54, 1.807) is 6.07 Å². The summed E-state index contributed by atoms with van der Waals surface area (Å²) >= 11 is 0. The van der Waals surface area contributed by atoms with Crippen molar-refractivity contribution >= 4 is 15.7 Å². The summed E-state index contributed by atoms with van der Waals surface area (Å²) in [5, 5.41) is 11.6. The van der Waals surface area contributed by atoms with E-state index in [1.165, 1.54) is 18.2 Å². The first-order valence-corrected chi connectivity index (χ1v) is 6.53. The Morgan fingerprint density at radius 2 is 2.06 bits per heavy atom. The van der Waals surface area contributed by atoms with Gasteiger partial charge in [0.15, 0.2) is 5.75 Å². The topological polar surface area (TPSA) is 124 Å². The first-order chi connectivity index (χ1) is 8.36. The van der Waals surface area contributed by atoms with Gasteiger partial charge in [-0.1, -0.05) is 0 Å². The number of nitrogens with zero attached hydrogens (tertiary/aromatic N) is 1. The highest BCUT2D eigenvalue weighted by molar-refractivity contribution is 7.89. The molecule has 2 aromatic rings. The summed E-state index contributed by atoms with van der Waals surface area (Å²) < 4.78 is 27.8. The summed E-state index contributed by atoms with van der Waals surface area (Å²) in [6, 6.07) is 5.64. The second-order valence-electron chi connectivity index (χ2n) is 3.74. The van der Waals surface area contributed by atoms with Gasteiger partial charge >= 0.3 is 0 Å². The van der Waals surface area contributed by atoms with Crippen LogP contribution in [0.5, 0.6) is 11.6 Å². The summed E-state index contributed by atoms with van der Waals surface area (Å²) in [6.45, 7) is 1.81. The molecule has 0 bridgehead atoms. The summed E-state index contributed by atoms with van der Waals surface area (Å²) in [5.41, 5.74) is 6.79. The molecule has 0 fully saturated rings. The maximum atomic E-state index is 11.2. The van der Waals surface area contributed by atoms with Crippen LogP contribution in [0, 0.1) is 6.92 Å². The van der Waals surface area contributed by atoms with E-state index < -0.39 is 10.0 Å². The van der Waals surface area contributed by atoms with E-state index >= 15 is 0 Å². The summed E-state index contributed by atoms with van der Waals surface area (Å²) in [4.78, 5) is -0.0704. The van der Waals surface area contributed by atoms with Crippen molar-refractivity contribution in [2.45, 2.75) is 11.8 Å². The molecule has 0 atom stereocenters. The molecule has 0 aliphatic rings. The van der Waals surface area contributed by atoms with Crippen molar-refractivity contribution in [3.05, 3.63) is 30.0 Å². The number of primary sulfonamides is 1. The fourth-order valence-corrected chi connectivity index (χ4v) is 1.87. The summed E-state index contributed by atoms with van der Waals surface area (Å²) in [6.07, 6.45) is 0. The van der Waals surface area contributed by atoms with Gasteiger partial charge in [0.2, 0.25) is 15.9 Å². The van der Waals surface area contributed by atoms with Gasteiger partial charge in [-0.2, -0.15) is 0 Å². The fourth-order valence-electron chi connectivity index (χ4n) is 1.34. The molecule has 2 rings (SSSR count). The number of aromatic nitrogens is 2. The van der Waals surface area contributed by atoms with Gasteiger partial charge in [0, 0.05) is 17.8 Å². The van der Waals surface area contributed by atoms with Gasteiger partial charge in [-0.15, -0.1) is 5.10 Å². The number of nitrogens with two attached hydrogens (primary N) is 2. The molecule has 1 heterocycles. The zero-order valence-electron chi connectivity index (χ0n) is 9.54. The first-order valence-electron chi connectivity index (χ1n) is 4.98. The normalized spacial score (nSPS) is 11.4. The van der Waals surface area contributed by atoms with Gasteiger partial charge < -0.3 is 10.5 Å². The number of rotatable bonds is 3. The monoisotopic (exact) mass is 268 g/mol. The molecule has 0 saturated heterocycles. The van der Waals surface area contributed by atoms with Crippen molar-refractivity contribution in [1.82, 2.24) is 10.2 Å². The molecule has 96 valence electrons. The molecular weight excluding hydrogens is 256 g/mol. The minimum absolute atomic E-state index is 0.0704. The molecule has 0 radical (unpaired) electrons. The van der Waals surface area contributed by atoms with E-state index in [1.807, 2.05) is 6.92 Å². The Balaban J connectivity index is 2.38. The number of H-pyrrole nitrogens is 1. The molecule has 1 aromatic carbocycles. The molecule has 7 nitrogen and oxygen atoms in total. The third-order valence-electron chi connectivity index (χ3n) is 2.21. The Morgan fingerprint density at radius 3 is 2.61 bits per heavy atom. The van der Waals surface area contributed by atoms with Gasteiger partial charge in [-0.25, -0.2) is 13.6 Å². The van der Waals surface area contributed by atoms with Crippen molar-refractivity contribution < 1.29 is 13.2 Å². The van der Waals surface area contributed by atoms with Crippen molar-refractivity contribution in [1.29, 1.82) is 0 Å². The molecule has 1 aromatic heterocycles. The minimum Gasteiger partial charge on any atom is -0.435 e. The molecule has 0 unspecified atom stereocenters. The molecule has 0 aliphatic heterocycles. The van der Waals surface area contributed by atoms with E-state index in [9.17, 15) is 8.42 Å². The number of aryl methyl sites for hydroxylation is 1. The van der Waals surface area contributed by atoms with E-state index in [2.05, 4.69) is 10.2 Å². The Hall–Kier alpha value is -2.06. The number of hydrogen-bond donors (Lipinski definition) is 3. The highest BCUT2D eigenvalue weighted by Gasteiger charge is 2.12. The number of hydrogen-bond acceptors (Lipinski definition) is 5. The van der Waals surface area contributed by atoms with E-state index in [0.29, 0.717) is 11.6 Å². The lowest BCUT2D eigenvalue weighted by Gasteiger charge is -2.07. The summed E-state index contributed by atoms with van der Waals surface area (Å²) in [7, 11) is -3.79. The SMILES string of the molecule is Cc1cc(Oc2cc(S(N)(=O)=O)ccc2N)n[nH]1. The Bertz CT molecular complexity index is 678. The standard InChI is InChI=1S/C10H12N4O3S/c1-6-4-10(14-13-6)17-9-5-7(18(12,15)16)2-3-8(9)11/h2-5H,11H2,1H3,(H,13,14)(H2,12,15,16). The van der Waals surface area contributed by atoms with Crippen molar-refractivity contribution in [2.75, 3.05) is 5.73 Å². The number of benzene rings is 1. The number of nitrogens with one attached hydrogen (secondary N) is 1. The highest BCUT2D eigenvalue weighted by atomic mass is 32.2. The second-order valence-corrected chi connectivity index (χ2v) is 5.30. The lowest BCUT2D eigenvalue weighted by molar-refractivity contribution is 0.462. The first kappa shape index (κ1) is 12.4. The van der Waals surface area contributed by atoms with Crippen LogP contribution in [0.2, 0.25) is 0 Å². The lowest BCUT2D eigenvalue weighted by Crippen LogP contribution is -2.12. The molecule has 0 saturated carbocycles. The number of aromatic amines is 1. The van der Waals surface area contributed by atoms with Gasteiger partial charge in [0.05, 0.1) is 10.6 Å². The van der Waals surface area contributed by atoms with Gasteiger partial charge in [-0.05, 0) is 19.1 Å². The third-order valence-corrected chi connectivity index (χ3v) is 3.12. The smallest absolute Gasteiger partial charge is 0.238 e. The van der Waals surface area contributed by atoms with Crippen molar-refractivity contribution in [3.63, 3.8) is 0 Å². The van der Waals surface area contributed by atoms with Crippen molar-refractivity contribution in [2.24, 2.45) is 5.14 Å². The van der Waals surface area contributed by atoms with Crippen LogP contribution >= 0.6 is 0 Å². The fraction of sp³-hybridized carbons (Fsp3) is 0.100. The summed E-state index contributed by atoms with van der Waals surface area (Å²) in [5.74, 6) is 0.485. The molecule has 18 heavy (non-hydrogen) atoms. The van der Waals surface area contributed by atoms with Crippen LogP contribution in [0.25, 0.3) is 0 Å². The predicted octanol–water partition coefficient (Wildman–Crippen LogP) is 0.740. The van der Waals surface area contributed by atoms with E-state index in [0.717, 1.165) is 5.69 Å². The van der Waals surface area contributed by atoms with Crippen LogP contribution in [0.3, 0.4) is 0 Å². The largest absolute Gasteiger partial charge is 0.435 e. The van der Waals surface area contributed by atoms with E-state index in [4.69, 9.17) is 15.6 Å². The van der Waals surface area contributed by atoms with Crippen molar-refractivity contribution in [3.8, 4) is 11.6 Å². The molecule has 0 aliphatic carbocycles. The van der Waals surface area contributed by atoms with Gasteiger partial charge in [-0.3, -0.25) is 5.10 Å².